The van der Waals surface area contributed by atoms with E-state index in [4.69, 9.17) is 11.6 Å². The first-order chi connectivity index (χ1) is 9.17. The number of fused-ring (bicyclic) bond motifs is 1. The summed E-state index contributed by atoms with van der Waals surface area (Å²) in [4.78, 5) is 8.28. The van der Waals surface area contributed by atoms with E-state index in [9.17, 15) is 8.78 Å². The van der Waals surface area contributed by atoms with E-state index < -0.39 is 17.7 Å². The molecule has 0 bridgehead atoms. The standard InChI is InChI=1S/C12H9ClF2N4/c13-4-8-6-19-12(17-8)16-5-11(18-19)9-2-1-7(14)3-10(9)15/h1-3,5-6,11,18H,4H2. The van der Waals surface area contributed by atoms with Crippen LogP contribution in [0, 0.1) is 11.6 Å². The largest absolute Gasteiger partial charge is 0.310 e. The van der Waals surface area contributed by atoms with E-state index in [2.05, 4.69) is 15.4 Å². The number of rotatable bonds is 2. The van der Waals surface area contributed by atoms with Crippen molar-refractivity contribution < 1.29 is 8.78 Å². The molecule has 0 aliphatic carbocycles. The lowest BCUT2D eigenvalue weighted by molar-refractivity contribution is 0.568. The topological polar surface area (TPSA) is 42.2 Å². The highest BCUT2D eigenvalue weighted by atomic mass is 35.5. The lowest BCUT2D eigenvalue weighted by Crippen LogP contribution is -2.25. The normalized spacial score (nSPS) is 17.1. The number of aromatic nitrogens is 2. The van der Waals surface area contributed by atoms with Gasteiger partial charge in [0.25, 0.3) is 0 Å². The number of aliphatic imine (C=N–C) groups is 1. The summed E-state index contributed by atoms with van der Waals surface area (Å²) in [6.07, 6.45) is 3.21. The van der Waals surface area contributed by atoms with Crippen LogP contribution in [-0.4, -0.2) is 15.9 Å². The molecule has 2 heterocycles. The van der Waals surface area contributed by atoms with Crippen molar-refractivity contribution in [1.29, 1.82) is 0 Å². The van der Waals surface area contributed by atoms with Gasteiger partial charge in [-0.3, -0.25) is 0 Å². The van der Waals surface area contributed by atoms with Crippen molar-refractivity contribution in [3.05, 3.63) is 47.3 Å². The molecule has 3 rings (SSSR count). The number of imidazole rings is 1. The van der Waals surface area contributed by atoms with Gasteiger partial charge < -0.3 is 5.43 Å². The van der Waals surface area contributed by atoms with Crippen LogP contribution >= 0.6 is 11.6 Å². The molecule has 19 heavy (non-hydrogen) atoms. The average molecular weight is 283 g/mol. The van der Waals surface area contributed by atoms with Crippen molar-refractivity contribution in [2.45, 2.75) is 11.9 Å². The molecule has 1 atom stereocenters. The fourth-order valence-corrected chi connectivity index (χ4v) is 2.03. The summed E-state index contributed by atoms with van der Waals surface area (Å²) in [5.41, 5.74) is 4.00. The number of halogens is 3. The molecule has 1 aromatic carbocycles. The molecule has 1 aliphatic heterocycles. The molecule has 4 nitrogen and oxygen atoms in total. The molecule has 0 saturated carbocycles. The summed E-state index contributed by atoms with van der Waals surface area (Å²) in [6, 6.07) is 2.96. The first-order valence-corrected chi connectivity index (χ1v) is 6.11. The molecule has 2 aromatic rings. The molecule has 1 aromatic heterocycles. The Bertz CT molecular complexity index is 653. The summed E-state index contributed by atoms with van der Waals surface area (Å²) in [5, 5.41) is 0. The first-order valence-electron chi connectivity index (χ1n) is 5.57. The van der Waals surface area contributed by atoms with Crippen LogP contribution in [0.15, 0.2) is 29.4 Å². The van der Waals surface area contributed by atoms with Crippen molar-refractivity contribution in [3.63, 3.8) is 0 Å². The molecule has 0 fully saturated rings. The number of nitrogens with zero attached hydrogens (tertiary/aromatic N) is 3. The van der Waals surface area contributed by atoms with E-state index >= 15 is 0 Å². The maximum Gasteiger partial charge on any atom is 0.248 e. The second-order valence-electron chi connectivity index (χ2n) is 4.09. The van der Waals surface area contributed by atoms with Gasteiger partial charge in [0, 0.05) is 17.8 Å². The molecule has 0 radical (unpaired) electrons. The molecular weight excluding hydrogens is 274 g/mol. The molecule has 0 amide bonds. The third-order valence-electron chi connectivity index (χ3n) is 2.79. The van der Waals surface area contributed by atoms with Gasteiger partial charge in [-0.1, -0.05) is 6.07 Å². The van der Waals surface area contributed by atoms with Crippen molar-refractivity contribution in [1.82, 2.24) is 9.66 Å². The highest BCUT2D eigenvalue weighted by Crippen LogP contribution is 2.24. The van der Waals surface area contributed by atoms with Gasteiger partial charge in [-0.15, -0.1) is 11.6 Å². The molecule has 98 valence electrons. The van der Waals surface area contributed by atoms with Crippen LogP contribution in [0.5, 0.6) is 0 Å². The smallest absolute Gasteiger partial charge is 0.248 e. The lowest BCUT2D eigenvalue weighted by Gasteiger charge is -2.21. The second kappa shape index (κ2) is 4.62. The van der Waals surface area contributed by atoms with E-state index in [-0.39, 0.29) is 5.88 Å². The van der Waals surface area contributed by atoms with Crippen molar-refractivity contribution in [2.24, 2.45) is 4.99 Å². The SMILES string of the molecule is Fc1ccc(C2C=Nc3nc(CCl)cn3N2)c(F)c1. The highest BCUT2D eigenvalue weighted by Gasteiger charge is 2.20. The number of alkyl halides is 1. The number of hydrogen-bond acceptors (Lipinski definition) is 3. The summed E-state index contributed by atoms with van der Waals surface area (Å²) in [7, 11) is 0. The number of benzene rings is 1. The lowest BCUT2D eigenvalue weighted by atomic mass is 10.1. The average Bonchev–Trinajstić information content (AvgIpc) is 2.80. The Morgan fingerprint density at radius 3 is 2.95 bits per heavy atom. The van der Waals surface area contributed by atoms with E-state index in [0.29, 0.717) is 17.2 Å². The quantitative estimate of drug-likeness (QED) is 0.861. The van der Waals surface area contributed by atoms with Gasteiger partial charge >= 0.3 is 0 Å². The van der Waals surface area contributed by atoms with Crippen molar-refractivity contribution in [2.75, 3.05) is 5.43 Å². The zero-order valence-corrected chi connectivity index (χ0v) is 10.4. The fourth-order valence-electron chi connectivity index (χ4n) is 1.90. The van der Waals surface area contributed by atoms with E-state index in [0.717, 1.165) is 6.07 Å². The van der Waals surface area contributed by atoms with Crippen LogP contribution in [0.3, 0.4) is 0 Å². The second-order valence-corrected chi connectivity index (χ2v) is 4.35. The summed E-state index contributed by atoms with van der Waals surface area (Å²) >= 11 is 5.69. The van der Waals surface area contributed by atoms with Crippen LogP contribution in [0.25, 0.3) is 0 Å². The minimum atomic E-state index is -0.620. The third-order valence-corrected chi connectivity index (χ3v) is 3.06. The van der Waals surface area contributed by atoms with E-state index in [1.165, 1.54) is 18.3 Å². The molecule has 1 unspecified atom stereocenters. The van der Waals surface area contributed by atoms with Crippen LogP contribution < -0.4 is 5.43 Å². The Morgan fingerprint density at radius 1 is 1.37 bits per heavy atom. The first kappa shape index (κ1) is 12.1. The maximum absolute atomic E-state index is 13.7. The van der Waals surface area contributed by atoms with Crippen LogP contribution in [0.2, 0.25) is 0 Å². The van der Waals surface area contributed by atoms with Gasteiger partial charge in [0.15, 0.2) is 0 Å². The Hall–Kier alpha value is -1.95. The fraction of sp³-hybridized carbons (Fsp3) is 0.167. The summed E-state index contributed by atoms with van der Waals surface area (Å²) in [5.74, 6) is -0.506. The van der Waals surface area contributed by atoms with Gasteiger partial charge in [0.05, 0.1) is 17.8 Å². The zero-order valence-electron chi connectivity index (χ0n) is 9.65. The van der Waals surface area contributed by atoms with Crippen LogP contribution in [0.1, 0.15) is 17.3 Å². The zero-order chi connectivity index (χ0) is 13.4. The number of nitrogens with one attached hydrogen (secondary N) is 1. The van der Waals surface area contributed by atoms with Crippen molar-refractivity contribution in [3.8, 4) is 0 Å². The van der Waals surface area contributed by atoms with Crippen LogP contribution in [-0.2, 0) is 5.88 Å². The highest BCUT2D eigenvalue weighted by molar-refractivity contribution is 6.16. The van der Waals surface area contributed by atoms with Gasteiger partial charge in [0.1, 0.15) is 17.7 Å². The minimum absolute atomic E-state index is 0.271. The van der Waals surface area contributed by atoms with Crippen LogP contribution in [0.4, 0.5) is 14.7 Å². The Kier molecular flexibility index (Phi) is 2.94. The van der Waals surface area contributed by atoms with Gasteiger partial charge in [-0.25, -0.2) is 23.4 Å². The third kappa shape index (κ3) is 2.19. The van der Waals surface area contributed by atoms with Gasteiger partial charge in [-0.2, -0.15) is 0 Å². The van der Waals surface area contributed by atoms with Gasteiger partial charge in [0.2, 0.25) is 5.95 Å². The van der Waals surface area contributed by atoms with E-state index in [1.807, 2.05) is 0 Å². The van der Waals surface area contributed by atoms with E-state index in [1.54, 1.807) is 10.9 Å². The Balaban J connectivity index is 1.92. The summed E-state index contributed by atoms with van der Waals surface area (Å²) < 4.78 is 28.1. The predicted molar refractivity (Wildman–Crippen MR) is 68.4 cm³/mol. The number of hydrogen-bond donors (Lipinski definition) is 1. The predicted octanol–water partition coefficient (Wildman–Crippen LogP) is 2.90. The molecule has 1 aliphatic rings. The molecular formula is C12H9ClF2N4. The maximum atomic E-state index is 13.7. The monoisotopic (exact) mass is 282 g/mol. The molecule has 7 heteroatoms. The molecule has 1 N–H and O–H groups in total. The van der Waals surface area contributed by atoms with Gasteiger partial charge in [-0.05, 0) is 6.07 Å². The molecule has 0 spiro atoms. The minimum Gasteiger partial charge on any atom is -0.310 e. The Labute approximate surface area is 112 Å². The molecule has 0 saturated heterocycles. The summed E-state index contributed by atoms with van der Waals surface area (Å²) in [6.45, 7) is 0. The Morgan fingerprint density at radius 2 is 2.21 bits per heavy atom. The van der Waals surface area contributed by atoms with Crippen molar-refractivity contribution >= 4 is 23.8 Å².